The lowest BCUT2D eigenvalue weighted by molar-refractivity contribution is -0.118. The van der Waals surface area contributed by atoms with Crippen LogP contribution in [0.3, 0.4) is 0 Å². The first kappa shape index (κ1) is 19.1. The molecule has 0 spiro atoms. The summed E-state index contributed by atoms with van der Waals surface area (Å²) >= 11 is 0. The largest absolute Gasteiger partial charge is 0.315 e. The average Bonchev–Trinajstić information content (AvgIpc) is 2.71. The van der Waals surface area contributed by atoms with Crippen molar-refractivity contribution < 1.29 is 13.6 Å². The molecule has 0 aromatic heterocycles. The molecule has 0 bridgehead atoms. The quantitative estimate of drug-likeness (QED) is 0.766. The van der Waals surface area contributed by atoms with Crippen LogP contribution in [0.5, 0.6) is 0 Å². The number of fused-ring (bicyclic) bond motifs is 1. The number of alkyl halides is 1. The van der Waals surface area contributed by atoms with Gasteiger partial charge in [0, 0.05) is 31.3 Å². The Hall–Kier alpha value is -2.27. The van der Waals surface area contributed by atoms with Gasteiger partial charge in [0.2, 0.25) is 5.91 Å². The first-order chi connectivity index (χ1) is 13.5. The summed E-state index contributed by atoms with van der Waals surface area (Å²) in [7, 11) is 1.83. The van der Waals surface area contributed by atoms with Crippen molar-refractivity contribution >= 4 is 11.6 Å². The highest BCUT2D eigenvalue weighted by Gasteiger charge is 2.29. The van der Waals surface area contributed by atoms with Gasteiger partial charge in [0.25, 0.3) is 0 Å². The molecular weight excluding hydrogens is 358 g/mol. The van der Waals surface area contributed by atoms with Crippen molar-refractivity contribution in [3.8, 4) is 0 Å². The number of benzene rings is 2. The van der Waals surface area contributed by atoms with Gasteiger partial charge in [-0.3, -0.25) is 9.69 Å². The van der Waals surface area contributed by atoms with E-state index in [1.807, 2.05) is 13.1 Å². The van der Waals surface area contributed by atoms with Gasteiger partial charge in [-0.2, -0.15) is 0 Å². The number of likely N-dealkylation sites (tertiary alicyclic amines) is 1. The van der Waals surface area contributed by atoms with Gasteiger partial charge < -0.3 is 4.90 Å². The van der Waals surface area contributed by atoms with E-state index in [1.54, 1.807) is 23.1 Å². The summed E-state index contributed by atoms with van der Waals surface area (Å²) < 4.78 is 28.7. The Kier molecular flexibility index (Phi) is 5.44. The maximum atomic E-state index is 14.8. The fraction of sp³-hybridized carbons (Fsp3) is 0.435. The summed E-state index contributed by atoms with van der Waals surface area (Å²) in [6.07, 6.45) is 1.59. The molecule has 2 aromatic rings. The van der Waals surface area contributed by atoms with E-state index >= 15 is 0 Å². The van der Waals surface area contributed by atoms with Crippen LogP contribution >= 0.6 is 0 Å². The third-order valence-electron chi connectivity index (χ3n) is 6.14. The summed E-state index contributed by atoms with van der Waals surface area (Å²) in [6, 6.07) is 12.5. The van der Waals surface area contributed by atoms with Crippen molar-refractivity contribution in [3.63, 3.8) is 0 Å². The van der Waals surface area contributed by atoms with E-state index in [2.05, 4.69) is 17.0 Å². The van der Waals surface area contributed by atoms with Gasteiger partial charge in [0.15, 0.2) is 0 Å². The van der Waals surface area contributed by atoms with Crippen molar-refractivity contribution in [2.45, 2.75) is 38.4 Å². The first-order valence-electron chi connectivity index (χ1n) is 10.0. The number of carbonyl (C=O) groups is 1. The van der Waals surface area contributed by atoms with E-state index < -0.39 is 12.0 Å². The number of halogens is 2. The Morgan fingerprint density at radius 3 is 2.61 bits per heavy atom. The van der Waals surface area contributed by atoms with Gasteiger partial charge in [-0.15, -0.1) is 0 Å². The molecule has 1 atom stereocenters. The van der Waals surface area contributed by atoms with Crippen LogP contribution < -0.4 is 4.90 Å². The number of carbonyl (C=O) groups excluding carboxylic acids is 1. The maximum absolute atomic E-state index is 14.8. The molecule has 4 rings (SSSR count). The summed E-state index contributed by atoms with van der Waals surface area (Å²) in [6.45, 7) is 2.46. The van der Waals surface area contributed by atoms with Gasteiger partial charge in [-0.1, -0.05) is 30.3 Å². The minimum atomic E-state index is -1.24. The number of anilines is 1. The Morgan fingerprint density at radius 2 is 1.86 bits per heavy atom. The minimum Gasteiger partial charge on any atom is -0.315 e. The Balaban J connectivity index is 1.36. The molecule has 28 heavy (non-hydrogen) atoms. The molecule has 0 N–H and O–H groups in total. The third kappa shape index (κ3) is 3.81. The lowest BCUT2D eigenvalue weighted by atomic mass is 9.88. The molecule has 1 unspecified atom stereocenters. The zero-order chi connectivity index (χ0) is 19.7. The van der Waals surface area contributed by atoms with Gasteiger partial charge in [0.1, 0.15) is 12.0 Å². The van der Waals surface area contributed by atoms with E-state index in [1.165, 1.54) is 17.2 Å². The van der Waals surface area contributed by atoms with Gasteiger partial charge in [-0.25, -0.2) is 8.78 Å². The lowest BCUT2D eigenvalue weighted by Gasteiger charge is -2.34. The van der Waals surface area contributed by atoms with Crippen LogP contribution in [0, 0.1) is 11.7 Å². The van der Waals surface area contributed by atoms with Crippen LogP contribution in [-0.4, -0.2) is 30.9 Å². The van der Waals surface area contributed by atoms with E-state index in [4.69, 9.17) is 0 Å². The molecule has 2 aromatic carbocycles. The van der Waals surface area contributed by atoms with Crippen LogP contribution in [0.15, 0.2) is 42.5 Å². The summed E-state index contributed by atoms with van der Waals surface area (Å²) in [4.78, 5) is 15.9. The van der Waals surface area contributed by atoms with Crippen LogP contribution in [-0.2, 0) is 17.8 Å². The van der Waals surface area contributed by atoms with Crippen molar-refractivity contribution in [3.05, 3.63) is 65.0 Å². The second-order valence-electron chi connectivity index (χ2n) is 7.95. The number of hydrogen-bond donors (Lipinski definition) is 0. The molecule has 1 fully saturated rings. The molecule has 148 valence electrons. The minimum absolute atomic E-state index is 0.128. The molecule has 1 amide bonds. The predicted molar refractivity (Wildman–Crippen MR) is 106 cm³/mol. The molecule has 2 heterocycles. The number of rotatable bonds is 4. The smallest absolute Gasteiger partial charge is 0.227 e. The Morgan fingerprint density at radius 1 is 1.11 bits per heavy atom. The highest BCUT2D eigenvalue weighted by atomic mass is 19.1. The second-order valence-corrected chi connectivity index (χ2v) is 7.95. The van der Waals surface area contributed by atoms with Gasteiger partial charge in [-0.05, 0) is 61.5 Å². The van der Waals surface area contributed by atoms with E-state index in [0.717, 1.165) is 44.6 Å². The van der Waals surface area contributed by atoms with Crippen molar-refractivity contribution in [1.82, 2.24) is 4.90 Å². The maximum Gasteiger partial charge on any atom is 0.227 e. The predicted octanol–water partition coefficient (Wildman–Crippen LogP) is 4.66. The average molecular weight is 384 g/mol. The van der Waals surface area contributed by atoms with Gasteiger partial charge in [0.05, 0.1) is 0 Å². The fourth-order valence-corrected chi connectivity index (χ4v) is 4.42. The molecule has 2 aliphatic rings. The Bertz CT molecular complexity index is 861. The van der Waals surface area contributed by atoms with E-state index in [9.17, 15) is 13.6 Å². The van der Waals surface area contributed by atoms with Gasteiger partial charge >= 0.3 is 0 Å². The molecule has 3 nitrogen and oxygen atoms in total. The standard InChI is InChI=1S/C23H26F2N2O/c1-26-21-8-6-16(14-18(21)7-9-22(26)28)15-27-12-10-17(11-13-27)23(25)19-4-2-3-5-20(19)24/h2-6,8,14,17,23H,7,9-13,15H2,1H3. The highest BCUT2D eigenvalue weighted by molar-refractivity contribution is 5.95. The topological polar surface area (TPSA) is 23.6 Å². The third-order valence-corrected chi connectivity index (χ3v) is 6.14. The molecule has 0 saturated carbocycles. The summed E-state index contributed by atoms with van der Waals surface area (Å²) in [5.74, 6) is -0.413. The SMILES string of the molecule is CN1C(=O)CCc2cc(CN3CCC(C(F)c4ccccc4F)CC3)ccc21. The monoisotopic (exact) mass is 384 g/mol. The first-order valence-corrected chi connectivity index (χ1v) is 10.0. The van der Waals surface area contributed by atoms with Crippen LogP contribution in [0.2, 0.25) is 0 Å². The Labute approximate surface area is 165 Å². The zero-order valence-corrected chi connectivity index (χ0v) is 16.2. The molecule has 2 aliphatic heterocycles. The number of hydrogen-bond acceptors (Lipinski definition) is 2. The highest BCUT2D eigenvalue weighted by Crippen LogP contribution is 2.35. The van der Waals surface area contributed by atoms with Crippen molar-refractivity contribution in [2.75, 3.05) is 25.0 Å². The molecular formula is C23H26F2N2O. The number of nitrogens with zero attached hydrogens (tertiary/aromatic N) is 2. The fourth-order valence-electron chi connectivity index (χ4n) is 4.42. The van der Waals surface area contributed by atoms with Crippen LogP contribution in [0.1, 0.15) is 42.1 Å². The molecule has 5 heteroatoms. The van der Waals surface area contributed by atoms with Crippen LogP contribution in [0.25, 0.3) is 0 Å². The van der Waals surface area contributed by atoms with Crippen molar-refractivity contribution in [2.24, 2.45) is 5.92 Å². The van der Waals surface area contributed by atoms with Crippen LogP contribution in [0.4, 0.5) is 14.5 Å². The molecule has 0 radical (unpaired) electrons. The normalized spacial score (nSPS) is 19.5. The molecule has 1 saturated heterocycles. The number of amides is 1. The number of aryl methyl sites for hydroxylation is 1. The van der Waals surface area contributed by atoms with Crippen molar-refractivity contribution in [1.29, 1.82) is 0 Å². The lowest BCUT2D eigenvalue weighted by Crippen LogP contribution is -2.35. The second kappa shape index (κ2) is 8.00. The zero-order valence-electron chi connectivity index (χ0n) is 16.2. The van der Waals surface area contributed by atoms with E-state index in [0.29, 0.717) is 6.42 Å². The summed E-state index contributed by atoms with van der Waals surface area (Å²) in [5, 5.41) is 0. The molecule has 0 aliphatic carbocycles. The van der Waals surface area contributed by atoms with E-state index in [-0.39, 0.29) is 17.4 Å². The number of piperidine rings is 1. The summed E-state index contributed by atoms with van der Waals surface area (Å²) in [5.41, 5.74) is 3.64.